The van der Waals surface area contributed by atoms with E-state index in [4.69, 9.17) is 4.42 Å². The van der Waals surface area contributed by atoms with Gasteiger partial charge in [0.05, 0.1) is 18.3 Å². The summed E-state index contributed by atoms with van der Waals surface area (Å²) in [7, 11) is 0. The largest absolute Gasteiger partial charge is 0.463 e. The Morgan fingerprint density at radius 3 is 2.68 bits per heavy atom. The molecule has 1 saturated carbocycles. The lowest BCUT2D eigenvalue weighted by Crippen LogP contribution is -2.65. The summed E-state index contributed by atoms with van der Waals surface area (Å²) in [6.07, 6.45) is 10.6. The molecule has 1 N–H and O–H groups in total. The molecule has 0 saturated heterocycles. The van der Waals surface area contributed by atoms with Crippen LogP contribution in [-0.4, -0.2) is 39.4 Å². The molecule has 0 unspecified atom stereocenters. The lowest BCUT2D eigenvalue weighted by Gasteiger charge is -2.44. The molecule has 4 rings (SSSR count). The zero-order valence-electron chi connectivity index (χ0n) is 17.0. The molecular formula is C22H31N3O3. The van der Waals surface area contributed by atoms with Gasteiger partial charge in [0.15, 0.2) is 5.58 Å². The van der Waals surface area contributed by atoms with Gasteiger partial charge in [0.2, 0.25) is 5.91 Å². The van der Waals surface area contributed by atoms with Crippen LogP contribution in [-0.2, 0) is 11.3 Å². The molecule has 2 aliphatic rings. The number of nitrogens with one attached hydrogen (secondary N) is 1. The van der Waals surface area contributed by atoms with Gasteiger partial charge >= 0.3 is 0 Å². The zero-order valence-corrected chi connectivity index (χ0v) is 17.0. The predicted octanol–water partition coefficient (Wildman–Crippen LogP) is 4.09. The van der Waals surface area contributed by atoms with Crippen LogP contribution < -0.4 is 5.32 Å². The van der Waals surface area contributed by atoms with Crippen molar-refractivity contribution < 1.29 is 14.0 Å². The Bertz CT molecular complexity index is 860. The molecule has 1 fully saturated rings. The highest BCUT2D eigenvalue weighted by Crippen LogP contribution is 2.33. The van der Waals surface area contributed by atoms with E-state index in [-0.39, 0.29) is 17.9 Å². The molecule has 1 aliphatic carbocycles. The Labute approximate surface area is 166 Å². The highest BCUT2D eigenvalue weighted by atomic mass is 16.3. The molecule has 3 heterocycles. The van der Waals surface area contributed by atoms with Crippen LogP contribution in [0.25, 0.3) is 11.1 Å². The molecule has 0 bridgehead atoms. The number of nitrogens with zero attached hydrogens (tertiary/aromatic N) is 2. The summed E-state index contributed by atoms with van der Waals surface area (Å²) < 4.78 is 7.45. The number of carbonyl (C=O) groups is 2. The van der Waals surface area contributed by atoms with Crippen molar-refractivity contribution in [1.29, 1.82) is 0 Å². The average molecular weight is 386 g/mol. The Morgan fingerprint density at radius 1 is 1.25 bits per heavy atom. The van der Waals surface area contributed by atoms with E-state index in [0.29, 0.717) is 24.4 Å². The van der Waals surface area contributed by atoms with Gasteiger partial charge < -0.3 is 19.2 Å². The summed E-state index contributed by atoms with van der Waals surface area (Å²) >= 11 is 0. The monoisotopic (exact) mass is 385 g/mol. The summed E-state index contributed by atoms with van der Waals surface area (Å²) in [5, 5.41) is 3.30. The van der Waals surface area contributed by atoms with E-state index in [1.807, 2.05) is 24.5 Å². The maximum absolute atomic E-state index is 13.5. The van der Waals surface area contributed by atoms with Crippen LogP contribution in [0.4, 0.5) is 0 Å². The quantitative estimate of drug-likeness (QED) is 0.862. The van der Waals surface area contributed by atoms with Crippen molar-refractivity contribution >= 4 is 22.9 Å². The molecule has 2 amide bonds. The van der Waals surface area contributed by atoms with E-state index < -0.39 is 5.54 Å². The summed E-state index contributed by atoms with van der Waals surface area (Å²) in [5.41, 5.74) is 1.29. The highest BCUT2D eigenvalue weighted by molar-refractivity contribution is 6.02. The fraction of sp³-hybridized carbons (Fsp3) is 0.636. The molecule has 152 valence electrons. The number of aromatic nitrogens is 1. The summed E-state index contributed by atoms with van der Waals surface area (Å²) in [6, 6.07) is 3.88. The molecule has 6 heteroatoms. The first-order valence-corrected chi connectivity index (χ1v) is 10.7. The van der Waals surface area contributed by atoms with Crippen LogP contribution in [0, 0.1) is 0 Å². The zero-order chi connectivity index (χ0) is 19.7. The van der Waals surface area contributed by atoms with Crippen molar-refractivity contribution in [2.24, 2.45) is 0 Å². The maximum Gasteiger partial charge on any atom is 0.271 e. The third-order valence-electron chi connectivity index (χ3n) is 6.43. The van der Waals surface area contributed by atoms with Crippen LogP contribution in [0.1, 0.15) is 75.7 Å². The minimum Gasteiger partial charge on any atom is -0.463 e. The Hall–Kier alpha value is -2.24. The molecule has 28 heavy (non-hydrogen) atoms. The van der Waals surface area contributed by atoms with Crippen molar-refractivity contribution in [3.8, 4) is 0 Å². The number of rotatable bonds is 4. The second-order valence-electron chi connectivity index (χ2n) is 8.53. The molecule has 0 aromatic carbocycles. The van der Waals surface area contributed by atoms with Crippen molar-refractivity contribution in [2.45, 2.75) is 83.3 Å². The lowest BCUT2D eigenvalue weighted by molar-refractivity contribution is -0.133. The van der Waals surface area contributed by atoms with Gasteiger partial charge in [-0.05, 0) is 26.2 Å². The number of carbonyl (C=O) groups excluding carboxylic acids is 2. The maximum atomic E-state index is 13.5. The van der Waals surface area contributed by atoms with Gasteiger partial charge in [0.1, 0.15) is 11.2 Å². The number of hydrogen-bond acceptors (Lipinski definition) is 3. The Morgan fingerprint density at radius 2 is 1.96 bits per heavy atom. The van der Waals surface area contributed by atoms with E-state index in [1.165, 1.54) is 19.3 Å². The number of amides is 2. The van der Waals surface area contributed by atoms with Crippen LogP contribution >= 0.6 is 0 Å². The van der Waals surface area contributed by atoms with E-state index in [9.17, 15) is 9.59 Å². The molecule has 2 aromatic heterocycles. The molecule has 0 radical (unpaired) electrons. The SMILES string of the molecule is CCCN1C(=O)c2cc3occc3n2C[C@@]1(C)C(=O)NC1CCCCCCC1. The Kier molecular flexibility index (Phi) is 5.21. The molecule has 0 spiro atoms. The molecule has 2 aromatic rings. The molecule has 6 nitrogen and oxygen atoms in total. The van der Waals surface area contributed by atoms with Crippen molar-refractivity contribution in [3.63, 3.8) is 0 Å². The average Bonchev–Trinajstić information content (AvgIpc) is 3.23. The number of fused-ring (bicyclic) bond motifs is 3. The van der Waals surface area contributed by atoms with Gasteiger partial charge in [-0.25, -0.2) is 0 Å². The summed E-state index contributed by atoms with van der Waals surface area (Å²) in [4.78, 5) is 28.5. The second-order valence-corrected chi connectivity index (χ2v) is 8.53. The third kappa shape index (κ3) is 3.23. The van der Waals surface area contributed by atoms with Gasteiger partial charge in [0, 0.05) is 24.7 Å². The Balaban J connectivity index is 1.63. The van der Waals surface area contributed by atoms with Gasteiger partial charge in [0.25, 0.3) is 5.91 Å². The van der Waals surface area contributed by atoms with E-state index in [1.54, 1.807) is 17.2 Å². The van der Waals surface area contributed by atoms with Gasteiger partial charge in [-0.15, -0.1) is 0 Å². The molecule has 1 atom stereocenters. The normalized spacial score (nSPS) is 24.1. The number of furan rings is 1. The molecule has 1 aliphatic heterocycles. The van der Waals surface area contributed by atoms with Crippen molar-refractivity contribution in [3.05, 3.63) is 24.1 Å². The van der Waals surface area contributed by atoms with E-state index >= 15 is 0 Å². The van der Waals surface area contributed by atoms with Crippen molar-refractivity contribution in [1.82, 2.24) is 14.8 Å². The van der Waals surface area contributed by atoms with Gasteiger partial charge in [-0.3, -0.25) is 9.59 Å². The van der Waals surface area contributed by atoms with Crippen LogP contribution in [0.2, 0.25) is 0 Å². The fourth-order valence-corrected chi connectivity index (χ4v) is 4.79. The van der Waals surface area contributed by atoms with Gasteiger partial charge in [-0.1, -0.05) is 39.0 Å². The number of hydrogen-bond donors (Lipinski definition) is 1. The minimum atomic E-state index is -0.897. The molecular weight excluding hydrogens is 354 g/mol. The summed E-state index contributed by atoms with van der Waals surface area (Å²) in [5.74, 6) is -0.120. The first-order valence-electron chi connectivity index (χ1n) is 10.7. The first kappa shape index (κ1) is 19.1. The standard InChI is InChI=1S/C22H31N3O3/c1-3-12-25-20(26)18-14-19-17(11-13-28-19)24(18)15-22(25,2)21(27)23-16-9-7-5-4-6-8-10-16/h11,13-14,16H,3-10,12,15H2,1-2H3,(H,23,27)/t22-/m0/s1. The van der Waals surface area contributed by atoms with Crippen LogP contribution in [0.15, 0.2) is 22.8 Å². The minimum absolute atomic E-state index is 0.0316. The summed E-state index contributed by atoms with van der Waals surface area (Å²) in [6.45, 7) is 4.98. The highest BCUT2D eigenvalue weighted by Gasteiger charge is 2.47. The second kappa shape index (κ2) is 7.64. The predicted molar refractivity (Wildman–Crippen MR) is 108 cm³/mol. The van der Waals surface area contributed by atoms with Crippen molar-refractivity contribution in [2.75, 3.05) is 6.54 Å². The van der Waals surface area contributed by atoms with Crippen LogP contribution in [0.5, 0.6) is 0 Å². The van der Waals surface area contributed by atoms with E-state index in [2.05, 4.69) is 5.32 Å². The van der Waals surface area contributed by atoms with Crippen LogP contribution in [0.3, 0.4) is 0 Å². The lowest BCUT2D eigenvalue weighted by atomic mass is 9.92. The fourth-order valence-electron chi connectivity index (χ4n) is 4.79. The van der Waals surface area contributed by atoms with Gasteiger partial charge in [-0.2, -0.15) is 0 Å². The van der Waals surface area contributed by atoms with E-state index in [0.717, 1.165) is 37.6 Å². The topological polar surface area (TPSA) is 67.5 Å². The first-order chi connectivity index (χ1) is 13.5. The smallest absolute Gasteiger partial charge is 0.271 e. The third-order valence-corrected chi connectivity index (χ3v) is 6.43.